The number of ether oxygens (including phenoxy) is 3. The number of benzene rings is 2. The highest BCUT2D eigenvalue weighted by Gasteiger charge is 2.17. The SMILES string of the molecule is CCOC(=O)CCn1c(=NC(=O)Cc2ccccc2)sc2cc3c(cc21)OCCO3. The van der Waals surface area contributed by atoms with Crippen molar-refractivity contribution in [3.8, 4) is 11.5 Å². The molecule has 0 aliphatic carbocycles. The highest BCUT2D eigenvalue weighted by atomic mass is 32.1. The summed E-state index contributed by atoms with van der Waals surface area (Å²) >= 11 is 1.39. The van der Waals surface area contributed by atoms with Gasteiger partial charge in [-0.2, -0.15) is 4.99 Å². The van der Waals surface area contributed by atoms with Gasteiger partial charge in [0.05, 0.1) is 29.7 Å². The first-order chi connectivity index (χ1) is 14.6. The standard InChI is InChI=1S/C22H22N2O5S/c1-2-27-21(26)8-9-24-16-13-17-18(29-11-10-28-17)14-19(16)30-22(24)23-20(25)12-15-6-4-3-5-7-15/h3-7,13-14H,2,8-12H2,1H3. The van der Waals surface area contributed by atoms with Crippen LogP contribution >= 0.6 is 11.3 Å². The van der Waals surface area contributed by atoms with E-state index in [1.54, 1.807) is 6.92 Å². The number of rotatable bonds is 6. The van der Waals surface area contributed by atoms with E-state index in [4.69, 9.17) is 14.2 Å². The van der Waals surface area contributed by atoms with E-state index in [0.717, 1.165) is 15.8 Å². The van der Waals surface area contributed by atoms with Gasteiger partial charge >= 0.3 is 5.97 Å². The molecule has 0 spiro atoms. The van der Waals surface area contributed by atoms with E-state index in [1.807, 2.05) is 47.0 Å². The number of amides is 1. The molecular formula is C22H22N2O5S. The lowest BCUT2D eigenvalue weighted by Crippen LogP contribution is -2.20. The molecule has 30 heavy (non-hydrogen) atoms. The average molecular weight is 426 g/mol. The summed E-state index contributed by atoms with van der Waals surface area (Å²) in [6.07, 6.45) is 0.407. The molecule has 7 nitrogen and oxygen atoms in total. The Bertz CT molecular complexity index is 1130. The van der Waals surface area contributed by atoms with Gasteiger partial charge in [0, 0.05) is 18.7 Å². The van der Waals surface area contributed by atoms with E-state index in [-0.39, 0.29) is 24.7 Å². The Balaban J connectivity index is 1.71. The van der Waals surface area contributed by atoms with Gasteiger partial charge in [-0.1, -0.05) is 41.7 Å². The predicted molar refractivity (Wildman–Crippen MR) is 113 cm³/mol. The number of thiazole rings is 1. The Hall–Kier alpha value is -3.13. The maximum Gasteiger partial charge on any atom is 0.307 e. The second kappa shape index (κ2) is 9.13. The number of fused-ring (bicyclic) bond motifs is 2. The third kappa shape index (κ3) is 4.54. The highest BCUT2D eigenvalue weighted by molar-refractivity contribution is 7.16. The van der Waals surface area contributed by atoms with E-state index < -0.39 is 0 Å². The van der Waals surface area contributed by atoms with Gasteiger partial charge in [-0.05, 0) is 12.5 Å². The van der Waals surface area contributed by atoms with Crippen LogP contribution in [-0.2, 0) is 27.3 Å². The summed E-state index contributed by atoms with van der Waals surface area (Å²) in [5, 5.41) is 0. The Kier molecular flexibility index (Phi) is 6.13. The summed E-state index contributed by atoms with van der Waals surface area (Å²) in [5.41, 5.74) is 1.75. The lowest BCUT2D eigenvalue weighted by atomic mass is 10.1. The zero-order chi connectivity index (χ0) is 20.9. The second-order valence-corrected chi connectivity index (χ2v) is 7.73. The van der Waals surface area contributed by atoms with E-state index in [2.05, 4.69) is 4.99 Å². The first kappa shape index (κ1) is 20.2. The minimum atomic E-state index is -0.288. The second-order valence-electron chi connectivity index (χ2n) is 6.72. The van der Waals surface area contributed by atoms with Gasteiger partial charge in [-0.3, -0.25) is 9.59 Å². The Morgan fingerprint density at radius 2 is 1.87 bits per heavy atom. The first-order valence-electron chi connectivity index (χ1n) is 9.84. The maximum absolute atomic E-state index is 12.6. The van der Waals surface area contributed by atoms with Crippen LogP contribution in [0.2, 0.25) is 0 Å². The highest BCUT2D eigenvalue weighted by Crippen LogP contribution is 2.35. The molecule has 1 aromatic heterocycles. The quantitative estimate of drug-likeness (QED) is 0.566. The lowest BCUT2D eigenvalue weighted by molar-refractivity contribution is -0.143. The smallest absolute Gasteiger partial charge is 0.307 e. The van der Waals surface area contributed by atoms with Crippen LogP contribution in [0, 0.1) is 0 Å². The van der Waals surface area contributed by atoms with Crippen LogP contribution in [-0.4, -0.2) is 36.3 Å². The largest absolute Gasteiger partial charge is 0.486 e. The Morgan fingerprint density at radius 3 is 2.60 bits per heavy atom. The summed E-state index contributed by atoms with van der Waals surface area (Å²) in [5.74, 6) is 0.798. The third-order valence-corrected chi connectivity index (χ3v) is 5.65. The van der Waals surface area contributed by atoms with Gasteiger partial charge in [-0.25, -0.2) is 0 Å². The van der Waals surface area contributed by atoms with Crippen molar-refractivity contribution in [3.05, 3.63) is 52.8 Å². The minimum Gasteiger partial charge on any atom is -0.486 e. The van der Waals surface area contributed by atoms with Gasteiger partial charge in [0.1, 0.15) is 13.2 Å². The molecular weight excluding hydrogens is 404 g/mol. The van der Waals surface area contributed by atoms with Crippen molar-refractivity contribution in [1.82, 2.24) is 4.57 Å². The van der Waals surface area contributed by atoms with E-state index in [1.165, 1.54) is 11.3 Å². The van der Waals surface area contributed by atoms with Gasteiger partial charge in [0.15, 0.2) is 16.3 Å². The molecule has 0 N–H and O–H groups in total. The van der Waals surface area contributed by atoms with Crippen LogP contribution < -0.4 is 14.3 Å². The molecule has 0 unspecified atom stereocenters. The maximum atomic E-state index is 12.6. The zero-order valence-electron chi connectivity index (χ0n) is 16.6. The molecule has 1 aliphatic rings. The zero-order valence-corrected chi connectivity index (χ0v) is 17.4. The normalized spacial score (nSPS) is 13.4. The fraction of sp³-hybridized carbons (Fsp3) is 0.318. The van der Waals surface area contributed by atoms with Crippen LogP contribution in [0.4, 0.5) is 0 Å². The monoisotopic (exact) mass is 426 g/mol. The molecule has 0 fully saturated rings. The first-order valence-corrected chi connectivity index (χ1v) is 10.7. The molecule has 0 radical (unpaired) electrons. The topological polar surface area (TPSA) is 79.1 Å². The van der Waals surface area contributed by atoms with Gasteiger partial charge < -0.3 is 18.8 Å². The molecule has 8 heteroatoms. The van der Waals surface area contributed by atoms with Gasteiger partial charge in [-0.15, -0.1) is 0 Å². The predicted octanol–water partition coefficient (Wildman–Crippen LogP) is 3.10. The van der Waals surface area contributed by atoms with Crippen molar-refractivity contribution in [2.75, 3.05) is 19.8 Å². The number of carbonyl (C=O) groups excluding carboxylic acids is 2. The number of hydrogen-bond acceptors (Lipinski definition) is 6. The fourth-order valence-electron chi connectivity index (χ4n) is 3.26. The van der Waals surface area contributed by atoms with Crippen molar-refractivity contribution in [3.63, 3.8) is 0 Å². The van der Waals surface area contributed by atoms with Crippen molar-refractivity contribution in [2.45, 2.75) is 26.3 Å². The molecule has 4 rings (SSSR count). The number of nitrogens with zero attached hydrogens (tertiary/aromatic N) is 2. The van der Waals surface area contributed by atoms with Crippen molar-refractivity contribution >= 4 is 33.4 Å². The molecule has 0 bridgehead atoms. The Morgan fingerprint density at radius 1 is 1.13 bits per heavy atom. The summed E-state index contributed by atoms with van der Waals surface area (Å²) in [6.45, 7) is 3.45. The molecule has 2 aromatic carbocycles. The average Bonchev–Trinajstić information content (AvgIpc) is 3.07. The van der Waals surface area contributed by atoms with Crippen LogP contribution in [0.3, 0.4) is 0 Å². The lowest BCUT2D eigenvalue weighted by Gasteiger charge is -2.18. The number of aromatic nitrogens is 1. The van der Waals surface area contributed by atoms with Crippen molar-refractivity contribution < 1.29 is 23.8 Å². The van der Waals surface area contributed by atoms with E-state index >= 15 is 0 Å². The molecule has 0 saturated carbocycles. The van der Waals surface area contributed by atoms with Gasteiger partial charge in [0.2, 0.25) is 0 Å². The summed E-state index contributed by atoms with van der Waals surface area (Å²) in [4.78, 5) is 29.4. The number of esters is 1. The third-order valence-electron chi connectivity index (χ3n) is 4.61. The fourth-order valence-corrected chi connectivity index (χ4v) is 4.34. The summed E-state index contributed by atoms with van der Waals surface area (Å²) in [7, 11) is 0. The van der Waals surface area contributed by atoms with Crippen molar-refractivity contribution in [1.29, 1.82) is 0 Å². The van der Waals surface area contributed by atoms with Crippen LogP contribution in [0.25, 0.3) is 10.2 Å². The molecule has 3 aromatic rings. The molecule has 156 valence electrons. The molecule has 0 atom stereocenters. The summed E-state index contributed by atoms with van der Waals surface area (Å²) in [6, 6.07) is 13.3. The van der Waals surface area contributed by atoms with Crippen LogP contribution in [0.15, 0.2) is 47.5 Å². The number of carbonyl (C=O) groups is 2. The van der Waals surface area contributed by atoms with E-state index in [9.17, 15) is 9.59 Å². The van der Waals surface area contributed by atoms with Crippen molar-refractivity contribution in [2.24, 2.45) is 4.99 Å². The Labute approximate surface area is 177 Å². The molecule has 1 aliphatic heterocycles. The molecule has 2 heterocycles. The minimum absolute atomic E-state index is 0.189. The molecule has 1 amide bonds. The van der Waals surface area contributed by atoms with Gasteiger partial charge in [0.25, 0.3) is 5.91 Å². The molecule has 0 saturated heterocycles. The van der Waals surface area contributed by atoms with Crippen LogP contribution in [0.5, 0.6) is 11.5 Å². The van der Waals surface area contributed by atoms with E-state index in [0.29, 0.717) is 42.7 Å². The number of aryl methyl sites for hydroxylation is 1. The van der Waals surface area contributed by atoms with Crippen LogP contribution in [0.1, 0.15) is 18.9 Å². The summed E-state index contributed by atoms with van der Waals surface area (Å²) < 4.78 is 19.2. The number of hydrogen-bond donors (Lipinski definition) is 0.